The number of methoxy groups -OCH3 is 1. The highest BCUT2D eigenvalue weighted by atomic mass is 16.5. The van der Waals surface area contributed by atoms with Crippen LogP contribution in [0.4, 0.5) is 0 Å². The molecule has 2 saturated heterocycles. The van der Waals surface area contributed by atoms with Gasteiger partial charge in [0.1, 0.15) is 11.9 Å². The number of aromatic nitrogens is 1. The van der Waals surface area contributed by atoms with Crippen molar-refractivity contribution in [3.05, 3.63) is 23.0 Å². The molecule has 3 rings (SSSR count). The predicted octanol–water partition coefficient (Wildman–Crippen LogP) is 1.50. The number of piperazine rings is 1. The lowest BCUT2D eigenvalue weighted by atomic mass is 10.1. The van der Waals surface area contributed by atoms with Crippen LogP contribution >= 0.6 is 0 Å². The van der Waals surface area contributed by atoms with Gasteiger partial charge in [-0.1, -0.05) is 0 Å². The first-order chi connectivity index (χ1) is 14.0. The molecule has 1 N–H and O–H groups in total. The summed E-state index contributed by atoms with van der Waals surface area (Å²) in [7, 11) is 1.68. The van der Waals surface area contributed by atoms with E-state index in [1.54, 1.807) is 7.11 Å². The SMILES string of the molecule is CCNC(=NCc1ncc(C)c(OC)c1C)N1CCN(C(=O)C2CCCO2)CC1. The lowest BCUT2D eigenvalue weighted by Crippen LogP contribution is -2.55. The second kappa shape index (κ2) is 9.91. The Morgan fingerprint density at radius 3 is 2.66 bits per heavy atom. The number of carbonyl (C=O) groups is 1. The number of aliphatic imine (C=N–C) groups is 1. The molecule has 0 radical (unpaired) electrons. The lowest BCUT2D eigenvalue weighted by molar-refractivity contribution is -0.142. The van der Waals surface area contributed by atoms with E-state index < -0.39 is 0 Å². The Hall–Kier alpha value is -2.35. The van der Waals surface area contributed by atoms with Gasteiger partial charge in [-0.3, -0.25) is 9.78 Å². The van der Waals surface area contributed by atoms with E-state index in [9.17, 15) is 4.79 Å². The molecule has 1 amide bonds. The van der Waals surface area contributed by atoms with Crippen LogP contribution < -0.4 is 10.1 Å². The van der Waals surface area contributed by atoms with Crippen molar-refractivity contribution in [2.24, 2.45) is 4.99 Å². The first-order valence-corrected chi connectivity index (χ1v) is 10.5. The fourth-order valence-corrected chi connectivity index (χ4v) is 3.92. The molecule has 2 aliphatic heterocycles. The van der Waals surface area contributed by atoms with Crippen molar-refractivity contribution in [2.75, 3.05) is 46.4 Å². The zero-order valence-electron chi connectivity index (χ0n) is 18.0. The van der Waals surface area contributed by atoms with Gasteiger partial charge in [-0.05, 0) is 33.6 Å². The van der Waals surface area contributed by atoms with Crippen LogP contribution in [0.5, 0.6) is 5.75 Å². The number of amides is 1. The minimum atomic E-state index is -0.242. The van der Waals surface area contributed by atoms with Crippen LogP contribution in [-0.4, -0.2) is 79.2 Å². The van der Waals surface area contributed by atoms with Crippen LogP contribution in [0.3, 0.4) is 0 Å². The van der Waals surface area contributed by atoms with Crippen LogP contribution in [0.2, 0.25) is 0 Å². The van der Waals surface area contributed by atoms with Gasteiger partial charge in [0.2, 0.25) is 0 Å². The van der Waals surface area contributed by atoms with Crippen molar-refractivity contribution in [3.63, 3.8) is 0 Å². The minimum Gasteiger partial charge on any atom is -0.496 e. The molecule has 1 aromatic heterocycles. The fraction of sp³-hybridized carbons (Fsp3) is 0.667. The summed E-state index contributed by atoms with van der Waals surface area (Å²) in [5.74, 6) is 1.87. The molecular formula is C21H33N5O3. The molecule has 2 aliphatic rings. The van der Waals surface area contributed by atoms with E-state index in [1.165, 1.54) is 0 Å². The van der Waals surface area contributed by atoms with Crippen LogP contribution in [0, 0.1) is 13.8 Å². The summed E-state index contributed by atoms with van der Waals surface area (Å²) in [4.78, 5) is 26.0. The second-order valence-electron chi connectivity index (χ2n) is 7.53. The molecule has 1 aromatic rings. The molecule has 0 bridgehead atoms. The zero-order chi connectivity index (χ0) is 20.8. The van der Waals surface area contributed by atoms with E-state index >= 15 is 0 Å². The summed E-state index contributed by atoms with van der Waals surface area (Å²) < 4.78 is 11.0. The molecule has 0 saturated carbocycles. The summed E-state index contributed by atoms with van der Waals surface area (Å²) in [5, 5.41) is 3.37. The molecule has 0 aliphatic carbocycles. The Bertz CT molecular complexity index is 738. The highest BCUT2D eigenvalue weighted by Crippen LogP contribution is 2.24. The standard InChI is InChI=1S/C21H33N5O3/c1-5-22-21(24-14-17-16(3)19(28-4)15(2)13-23-17)26-10-8-25(9-11-26)20(27)18-7-6-12-29-18/h13,18H,5-12,14H2,1-4H3,(H,22,24). The van der Waals surface area contributed by atoms with Gasteiger partial charge in [-0.2, -0.15) is 0 Å². The summed E-state index contributed by atoms with van der Waals surface area (Å²) in [5.41, 5.74) is 2.96. The zero-order valence-corrected chi connectivity index (χ0v) is 18.0. The summed E-state index contributed by atoms with van der Waals surface area (Å²) in [6.45, 7) is 11.0. The number of hydrogen-bond acceptors (Lipinski definition) is 5. The van der Waals surface area contributed by atoms with E-state index in [0.717, 1.165) is 61.0 Å². The maximum Gasteiger partial charge on any atom is 0.251 e. The van der Waals surface area contributed by atoms with Gasteiger partial charge in [0, 0.05) is 56.7 Å². The van der Waals surface area contributed by atoms with E-state index in [1.807, 2.05) is 24.9 Å². The molecule has 1 unspecified atom stereocenters. The van der Waals surface area contributed by atoms with Gasteiger partial charge in [-0.15, -0.1) is 0 Å². The average molecular weight is 404 g/mol. The number of pyridine rings is 1. The Balaban J connectivity index is 1.63. The molecule has 8 heteroatoms. The molecule has 0 aromatic carbocycles. The third kappa shape index (κ3) is 4.98. The Kier molecular flexibility index (Phi) is 7.30. The normalized spacial score (nSPS) is 20.1. The van der Waals surface area contributed by atoms with Crippen molar-refractivity contribution in [2.45, 2.75) is 46.3 Å². The first-order valence-electron chi connectivity index (χ1n) is 10.5. The number of hydrogen-bond donors (Lipinski definition) is 1. The number of rotatable bonds is 5. The van der Waals surface area contributed by atoms with Gasteiger partial charge in [0.05, 0.1) is 19.3 Å². The van der Waals surface area contributed by atoms with Gasteiger partial charge in [0.25, 0.3) is 5.91 Å². The number of aryl methyl sites for hydroxylation is 1. The van der Waals surface area contributed by atoms with Crippen molar-refractivity contribution in [1.29, 1.82) is 0 Å². The molecule has 3 heterocycles. The predicted molar refractivity (Wildman–Crippen MR) is 112 cm³/mol. The van der Waals surface area contributed by atoms with Crippen molar-refractivity contribution < 1.29 is 14.3 Å². The maximum atomic E-state index is 12.6. The maximum absolute atomic E-state index is 12.6. The van der Waals surface area contributed by atoms with E-state index in [4.69, 9.17) is 14.5 Å². The number of nitrogens with one attached hydrogen (secondary N) is 1. The van der Waals surface area contributed by atoms with Gasteiger partial charge < -0.3 is 24.6 Å². The average Bonchev–Trinajstić information content (AvgIpc) is 3.27. The molecular weight excluding hydrogens is 370 g/mol. The van der Waals surface area contributed by atoms with Crippen LogP contribution in [-0.2, 0) is 16.1 Å². The largest absolute Gasteiger partial charge is 0.496 e. The van der Waals surface area contributed by atoms with E-state index in [0.29, 0.717) is 26.2 Å². The number of carbonyl (C=O) groups excluding carboxylic acids is 1. The van der Waals surface area contributed by atoms with Gasteiger partial charge in [-0.25, -0.2) is 4.99 Å². The quantitative estimate of drug-likeness (QED) is 0.593. The summed E-state index contributed by atoms with van der Waals surface area (Å²) in [6.07, 6.45) is 3.41. The first kappa shape index (κ1) is 21.4. The molecule has 160 valence electrons. The minimum absolute atomic E-state index is 0.135. The molecule has 0 spiro atoms. The molecule has 29 heavy (non-hydrogen) atoms. The highest BCUT2D eigenvalue weighted by Gasteiger charge is 2.30. The molecule has 8 nitrogen and oxygen atoms in total. The number of ether oxygens (including phenoxy) is 2. The summed E-state index contributed by atoms with van der Waals surface area (Å²) in [6, 6.07) is 0. The molecule has 1 atom stereocenters. The van der Waals surface area contributed by atoms with E-state index in [-0.39, 0.29) is 12.0 Å². The molecule has 2 fully saturated rings. The smallest absolute Gasteiger partial charge is 0.251 e. The van der Waals surface area contributed by atoms with Crippen LogP contribution in [0.15, 0.2) is 11.2 Å². The van der Waals surface area contributed by atoms with Crippen molar-refractivity contribution >= 4 is 11.9 Å². The summed E-state index contributed by atoms with van der Waals surface area (Å²) >= 11 is 0. The third-order valence-electron chi connectivity index (χ3n) is 5.56. The Labute approximate surface area is 173 Å². The second-order valence-corrected chi connectivity index (χ2v) is 7.53. The highest BCUT2D eigenvalue weighted by molar-refractivity contribution is 5.82. The third-order valence-corrected chi connectivity index (χ3v) is 5.56. The van der Waals surface area contributed by atoms with Gasteiger partial charge in [0.15, 0.2) is 5.96 Å². The number of nitrogens with zero attached hydrogens (tertiary/aromatic N) is 4. The fourth-order valence-electron chi connectivity index (χ4n) is 3.92. The van der Waals surface area contributed by atoms with Crippen LogP contribution in [0.25, 0.3) is 0 Å². The Morgan fingerprint density at radius 2 is 2.03 bits per heavy atom. The lowest BCUT2D eigenvalue weighted by Gasteiger charge is -2.37. The van der Waals surface area contributed by atoms with Crippen LogP contribution in [0.1, 0.15) is 36.6 Å². The topological polar surface area (TPSA) is 79.3 Å². The Morgan fingerprint density at radius 1 is 1.31 bits per heavy atom. The number of guanidine groups is 1. The monoisotopic (exact) mass is 403 g/mol. The van der Waals surface area contributed by atoms with Crippen molar-refractivity contribution in [3.8, 4) is 5.75 Å². The van der Waals surface area contributed by atoms with E-state index in [2.05, 4.69) is 22.1 Å². The van der Waals surface area contributed by atoms with Crippen molar-refractivity contribution in [1.82, 2.24) is 20.1 Å². The van der Waals surface area contributed by atoms with Gasteiger partial charge >= 0.3 is 0 Å².